The van der Waals surface area contributed by atoms with Crippen LogP contribution < -0.4 is 0 Å². The minimum atomic E-state index is -0.460. The zero-order valence-electron chi connectivity index (χ0n) is 16.0. The molecular formula is C21H27N3O2. The van der Waals surface area contributed by atoms with E-state index >= 15 is 0 Å². The highest BCUT2D eigenvalue weighted by Gasteiger charge is 2.26. The number of piperidine rings is 1. The van der Waals surface area contributed by atoms with Crippen molar-refractivity contribution in [2.45, 2.75) is 39.2 Å². The molecule has 0 unspecified atom stereocenters. The van der Waals surface area contributed by atoms with Crippen molar-refractivity contribution in [1.82, 2.24) is 14.7 Å². The SMILES string of the molecule is Cn1cc(C(=C2CCN(C(=O)OC(C)(C)C)CC2)c2ccccc2)cn1. The number of benzene rings is 1. The van der Waals surface area contributed by atoms with Crippen LogP contribution in [0, 0.1) is 0 Å². The summed E-state index contributed by atoms with van der Waals surface area (Å²) in [7, 11) is 1.93. The third-order valence-electron chi connectivity index (χ3n) is 4.43. The standard InChI is InChI=1S/C21H27N3O2/c1-21(2,3)26-20(25)24-12-10-17(11-13-24)19(16-8-6-5-7-9-16)18-14-22-23(4)15-18/h5-9,14-15H,10-13H2,1-4H3. The molecule has 1 aromatic carbocycles. The van der Waals surface area contributed by atoms with E-state index in [1.165, 1.54) is 16.7 Å². The maximum Gasteiger partial charge on any atom is 0.410 e. The number of aromatic nitrogens is 2. The lowest BCUT2D eigenvalue weighted by atomic mass is 9.90. The molecule has 0 saturated carbocycles. The van der Waals surface area contributed by atoms with Gasteiger partial charge in [-0.15, -0.1) is 0 Å². The first-order valence-electron chi connectivity index (χ1n) is 9.08. The van der Waals surface area contributed by atoms with E-state index in [4.69, 9.17) is 4.74 Å². The molecule has 26 heavy (non-hydrogen) atoms. The lowest BCUT2D eigenvalue weighted by molar-refractivity contribution is 0.0236. The van der Waals surface area contributed by atoms with E-state index in [0.717, 1.165) is 18.4 Å². The molecule has 1 saturated heterocycles. The Kier molecular flexibility index (Phi) is 5.16. The molecule has 2 aromatic rings. The Morgan fingerprint density at radius 2 is 1.73 bits per heavy atom. The average Bonchev–Trinajstić information content (AvgIpc) is 3.01. The van der Waals surface area contributed by atoms with Crippen LogP contribution in [0.1, 0.15) is 44.7 Å². The number of aryl methyl sites for hydroxylation is 1. The highest BCUT2D eigenvalue weighted by molar-refractivity contribution is 5.82. The maximum absolute atomic E-state index is 12.3. The molecule has 0 radical (unpaired) electrons. The molecule has 3 rings (SSSR count). The van der Waals surface area contributed by atoms with Gasteiger partial charge in [0.25, 0.3) is 0 Å². The number of amides is 1. The van der Waals surface area contributed by atoms with Crippen molar-refractivity contribution in [2.24, 2.45) is 7.05 Å². The molecule has 1 aliphatic heterocycles. The molecule has 0 N–H and O–H groups in total. The van der Waals surface area contributed by atoms with Crippen LogP contribution in [0.5, 0.6) is 0 Å². The largest absolute Gasteiger partial charge is 0.444 e. The van der Waals surface area contributed by atoms with Crippen LogP contribution in [0.4, 0.5) is 4.79 Å². The number of rotatable bonds is 2. The Bertz CT molecular complexity index is 790. The molecule has 138 valence electrons. The summed E-state index contributed by atoms with van der Waals surface area (Å²) in [5.74, 6) is 0. The van der Waals surface area contributed by atoms with E-state index in [1.54, 1.807) is 4.90 Å². The molecule has 5 nitrogen and oxygen atoms in total. The second kappa shape index (κ2) is 7.36. The van der Waals surface area contributed by atoms with Crippen LogP contribution in [0.3, 0.4) is 0 Å². The highest BCUT2D eigenvalue weighted by atomic mass is 16.6. The average molecular weight is 353 g/mol. The quantitative estimate of drug-likeness (QED) is 0.811. The van der Waals surface area contributed by atoms with E-state index in [2.05, 4.69) is 35.6 Å². The monoisotopic (exact) mass is 353 g/mol. The van der Waals surface area contributed by atoms with Gasteiger partial charge >= 0.3 is 6.09 Å². The number of hydrogen-bond acceptors (Lipinski definition) is 3. The van der Waals surface area contributed by atoms with Gasteiger partial charge < -0.3 is 9.64 Å². The zero-order valence-corrected chi connectivity index (χ0v) is 16.0. The number of carbonyl (C=O) groups is 1. The summed E-state index contributed by atoms with van der Waals surface area (Å²) < 4.78 is 7.33. The number of hydrogen-bond donors (Lipinski definition) is 0. The van der Waals surface area contributed by atoms with Crippen LogP contribution in [0.15, 0.2) is 48.3 Å². The van der Waals surface area contributed by atoms with E-state index < -0.39 is 5.60 Å². The third kappa shape index (κ3) is 4.34. The fraction of sp³-hybridized carbons (Fsp3) is 0.429. The van der Waals surface area contributed by atoms with E-state index in [0.29, 0.717) is 13.1 Å². The van der Waals surface area contributed by atoms with Gasteiger partial charge in [0.2, 0.25) is 0 Å². The molecule has 2 heterocycles. The molecule has 1 aromatic heterocycles. The number of ether oxygens (including phenoxy) is 1. The minimum Gasteiger partial charge on any atom is -0.444 e. The van der Waals surface area contributed by atoms with Crippen LogP contribution in [-0.2, 0) is 11.8 Å². The van der Waals surface area contributed by atoms with Crippen molar-refractivity contribution in [3.05, 3.63) is 59.4 Å². The Labute approximate surface area is 155 Å². The summed E-state index contributed by atoms with van der Waals surface area (Å²) in [5.41, 5.74) is 4.46. The van der Waals surface area contributed by atoms with Gasteiger partial charge in [-0.3, -0.25) is 4.68 Å². The Balaban J connectivity index is 1.84. The van der Waals surface area contributed by atoms with Crippen LogP contribution in [-0.4, -0.2) is 39.5 Å². The van der Waals surface area contributed by atoms with E-state index in [-0.39, 0.29) is 6.09 Å². The molecule has 5 heteroatoms. The van der Waals surface area contributed by atoms with Crippen molar-refractivity contribution >= 4 is 11.7 Å². The van der Waals surface area contributed by atoms with Crippen LogP contribution in [0.25, 0.3) is 5.57 Å². The maximum atomic E-state index is 12.3. The van der Waals surface area contributed by atoms with Crippen molar-refractivity contribution in [3.63, 3.8) is 0 Å². The summed E-state index contributed by atoms with van der Waals surface area (Å²) in [4.78, 5) is 14.1. The van der Waals surface area contributed by atoms with Crippen molar-refractivity contribution in [1.29, 1.82) is 0 Å². The first kappa shape index (κ1) is 18.2. The van der Waals surface area contributed by atoms with Gasteiger partial charge in [-0.05, 0) is 44.7 Å². The summed E-state index contributed by atoms with van der Waals surface area (Å²) in [6, 6.07) is 10.4. The molecule has 1 fully saturated rings. The number of nitrogens with zero attached hydrogens (tertiary/aromatic N) is 3. The molecule has 0 atom stereocenters. The predicted molar refractivity (Wildman–Crippen MR) is 103 cm³/mol. The normalized spacial score (nSPS) is 15.1. The van der Waals surface area contributed by atoms with Gasteiger partial charge in [-0.2, -0.15) is 5.10 Å². The van der Waals surface area contributed by atoms with Gasteiger partial charge in [0.1, 0.15) is 5.60 Å². The lowest BCUT2D eigenvalue weighted by Crippen LogP contribution is -2.40. The summed E-state index contributed by atoms with van der Waals surface area (Å²) in [6.45, 7) is 7.06. The van der Waals surface area contributed by atoms with Crippen molar-refractivity contribution in [2.75, 3.05) is 13.1 Å². The molecule has 1 aliphatic rings. The van der Waals surface area contributed by atoms with Crippen molar-refractivity contribution < 1.29 is 9.53 Å². The van der Waals surface area contributed by atoms with E-state index in [9.17, 15) is 4.79 Å². The number of carbonyl (C=O) groups excluding carboxylic acids is 1. The highest BCUT2D eigenvalue weighted by Crippen LogP contribution is 2.32. The first-order chi connectivity index (χ1) is 12.3. The van der Waals surface area contributed by atoms with Gasteiger partial charge in [-0.1, -0.05) is 35.9 Å². The second-order valence-electron chi connectivity index (χ2n) is 7.71. The molecule has 0 aliphatic carbocycles. The third-order valence-corrected chi connectivity index (χ3v) is 4.43. The first-order valence-corrected chi connectivity index (χ1v) is 9.08. The Hall–Kier alpha value is -2.56. The minimum absolute atomic E-state index is 0.223. The molecule has 1 amide bonds. The smallest absolute Gasteiger partial charge is 0.410 e. The summed E-state index contributed by atoms with van der Waals surface area (Å²) in [5, 5.41) is 4.34. The Morgan fingerprint density at radius 3 is 2.27 bits per heavy atom. The summed E-state index contributed by atoms with van der Waals surface area (Å²) >= 11 is 0. The summed E-state index contributed by atoms with van der Waals surface area (Å²) in [6.07, 6.45) is 5.43. The topological polar surface area (TPSA) is 47.4 Å². The number of likely N-dealkylation sites (tertiary alicyclic amines) is 1. The van der Waals surface area contributed by atoms with Crippen molar-refractivity contribution in [3.8, 4) is 0 Å². The van der Waals surface area contributed by atoms with Gasteiger partial charge in [-0.25, -0.2) is 4.79 Å². The fourth-order valence-corrected chi connectivity index (χ4v) is 3.27. The van der Waals surface area contributed by atoms with E-state index in [1.807, 2.05) is 44.8 Å². The fourth-order valence-electron chi connectivity index (χ4n) is 3.27. The van der Waals surface area contributed by atoms with Crippen LogP contribution >= 0.6 is 0 Å². The zero-order chi connectivity index (χ0) is 18.7. The van der Waals surface area contributed by atoms with Gasteiger partial charge in [0.15, 0.2) is 0 Å². The molecular weight excluding hydrogens is 326 g/mol. The lowest BCUT2D eigenvalue weighted by Gasteiger charge is -2.32. The van der Waals surface area contributed by atoms with Gasteiger partial charge in [0.05, 0.1) is 6.20 Å². The predicted octanol–water partition coefficient (Wildman–Crippen LogP) is 4.25. The molecule has 0 spiro atoms. The van der Waals surface area contributed by atoms with Crippen LogP contribution in [0.2, 0.25) is 0 Å². The van der Waals surface area contributed by atoms with Gasteiger partial charge in [0, 0.05) is 31.9 Å². The molecule has 0 bridgehead atoms. The second-order valence-corrected chi connectivity index (χ2v) is 7.71. The Morgan fingerprint density at radius 1 is 1.08 bits per heavy atom.